The van der Waals surface area contributed by atoms with Crippen molar-refractivity contribution in [3.8, 4) is 6.07 Å². The van der Waals surface area contributed by atoms with Gasteiger partial charge in [0.05, 0.1) is 17.6 Å². The number of nitriles is 1. The van der Waals surface area contributed by atoms with E-state index in [1.165, 1.54) is 5.57 Å². The van der Waals surface area contributed by atoms with Crippen molar-refractivity contribution in [2.45, 2.75) is 97.2 Å². The Kier molecular flexibility index (Phi) is 6.48. The minimum atomic E-state index is -0.854. The van der Waals surface area contributed by atoms with Crippen molar-refractivity contribution in [3.63, 3.8) is 0 Å². The number of aromatic nitrogens is 1. The zero-order valence-corrected chi connectivity index (χ0v) is 21.4. The van der Waals surface area contributed by atoms with Gasteiger partial charge in [-0.3, -0.25) is 4.98 Å². The quantitative estimate of drug-likeness (QED) is 0.525. The highest BCUT2D eigenvalue weighted by Gasteiger charge is 2.38. The van der Waals surface area contributed by atoms with E-state index in [1.54, 1.807) is 0 Å². The molecule has 0 saturated carbocycles. The first kappa shape index (κ1) is 24.6. The maximum Gasteiger partial charge on any atom is 0.106 e. The molecule has 0 radical (unpaired) electrons. The Morgan fingerprint density at radius 1 is 1.18 bits per heavy atom. The van der Waals surface area contributed by atoms with Crippen molar-refractivity contribution in [2.75, 3.05) is 0 Å². The molecule has 2 N–H and O–H groups in total. The van der Waals surface area contributed by atoms with E-state index in [0.717, 1.165) is 64.9 Å². The highest BCUT2D eigenvalue weighted by molar-refractivity contribution is 5.75. The van der Waals surface area contributed by atoms with Crippen LogP contribution in [0.1, 0.15) is 125 Å². The van der Waals surface area contributed by atoms with E-state index in [0.29, 0.717) is 6.42 Å². The van der Waals surface area contributed by atoms with Crippen LogP contribution in [0.5, 0.6) is 0 Å². The highest BCUT2D eigenvalue weighted by Crippen LogP contribution is 2.48. The number of rotatable bonds is 5. The third-order valence-electron chi connectivity index (χ3n) is 7.52. The summed E-state index contributed by atoms with van der Waals surface area (Å²) < 4.78 is 0. The maximum atomic E-state index is 11.8. The Labute approximate surface area is 204 Å². The molecule has 4 rings (SSSR count). The van der Waals surface area contributed by atoms with Crippen LogP contribution in [0.3, 0.4) is 0 Å². The number of fused-ring (bicyclic) bond motifs is 1. The molecule has 0 fully saturated rings. The second-order valence-corrected chi connectivity index (χ2v) is 11.7. The summed E-state index contributed by atoms with van der Waals surface area (Å²) in [7, 11) is 0. The van der Waals surface area contributed by atoms with Gasteiger partial charge in [0.25, 0.3) is 0 Å². The lowest BCUT2D eigenvalue weighted by atomic mass is 9.71. The van der Waals surface area contributed by atoms with Gasteiger partial charge in [-0.05, 0) is 79.5 Å². The molecule has 0 amide bonds. The first-order valence-electron chi connectivity index (χ1n) is 12.6. The largest absolute Gasteiger partial charge is 0.388 e. The summed E-state index contributed by atoms with van der Waals surface area (Å²) >= 11 is 0. The van der Waals surface area contributed by atoms with E-state index in [4.69, 9.17) is 4.98 Å². The van der Waals surface area contributed by atoms with E-state index >= 15 is 0 Å². The molecule has 4 nitrogen and oxygen atoms in total. The number of allylic oxidation sites excluding steroid dienone is 2. The molecule has 0 spiro atoms. The Morgan fingerprint density at radius 2 is 1.85 bits per heavy atom. The third-order valence-corrected chi connectivity index (χ3v) is 7.52. The van der Waals surface area contributed by atoms with Crippen molar-refractivity contribution in [1.82, 2.24) is 4.98 Å². The molecule has 4 heteroatoms. The Balaban J connectivity index is 1.93. The molecular weight excluding hydrogens is 420 g/mol. The van der Waals surface area contributed by atoms with Crippen LogP contribution in [0.2, 0.25) is 0 Å². The SMILES string of the molecule is CC(C)c1nc2c(c(C3=CCCC3)c1C(O)c1ccc(C(C)(C)C#N)cc1)C(O)CC(C)(C)C2. The summed E-state index contributed by atoms with van der Waals surface area (Å²) in [5.41, 5.74) is 7.04. The smallest absolute Gasteiger partial charge is 0.106 e. The highest BCUT2D eigenvalue weighted by atomic mass is 16.3. The summed E-state index contributed by atoms with van der Waals surface area (Å²) in [6.07, 6.45) is 5.43. The monoisotopic (exact) mass is 458 g/mol. The molecule has 0 saturated heterocycles. The molecule has 0 bridgehead atoms. The first-order chi connectivity index (χ1) is 15.9. The van der Waals surface area contributed by atoms with Gasteiger partial charge in [-0.25, -0.2) is 0 Å². The molecule has 1 aromatic carbocycles. The predicted octanol–water partition coefficient (Wildman–Crippen LogP) is 6.66. The number of aliphatic hydroxyl groups is 2. The lowest BCUT2D eigenvalue weighted by Crippen LogP contribution is -2.29. The van der Waals surface area contributed by atoms with Crippen LogP contribution in [0.4, 0.5) is 0 Å². The minimum absolute atomic E-state index is 0.0154. The second-order valence-electron chi connectivity index (χ2n) is 11.7. The number of pyridine rings is 1. The van der Waals surface area contributed by atoms with Crippen molar-refractivity contribution in [2.24, 2.45) is 5.41 Å². The lowest BCUT2D eigenvalue weighted by Gasteiger charge is -2.37. The van der Waals surface area contributed by atoms with E-state index < -0.39 is 17.6 Å². The van der Waals surface area contributed by atoms with Crippen LogP contribution in [-0.4, -0.2) is 15.2 Å². The van der Waals surface area contributed by atoms with Crippen LogP contribution < -0.4 is 0 Å². The second kappa shape index (κ2) is 8.95. The van der Waals surface area contributed by atoms with E-state index in [9.17, 15) is 15.5 Å². The molecule has 2 aromatic rings. The summed E-state index contributed by atoms with van der Waals surface area (Å²) in [5.74, 6) is 0.134. The standard InChI is InChI=1S/C30H38N2O2/c1-18(2)27-26(28(34)20-11-13-21(14-12-20)30(5,6)17-31)24(19-9-7-8-10-19)25-22(32-27)15-29(3,4)16-23(25)33/h9,11-14,18,23,28,33-34H,7-8,10,15-16H2,1-6H3. The summed E-state index contributed by atoms with van der Waals surface area (Å²) in [5, 5.41) is 32.6. The molecule has 0 aliphatic heterocycles. The van der Waals surface area contributed by atoms with Gasteiger partial charge in [-0.15, -0.1) is 0 Å². The van der Waals surface area contributed by atoms with Crippen LogP contribution in [0, 0.1) is 16.7 Å². The zero-order valence-electron chi connectivity index (χ0n) is 21.4. The van der Waals surface area contributed by atoms with Crippen molar-refractivity contribution in [1.29, 1.82) is 5.26 Å². The average molecular weight is 459 g/mol. The maximum absolute atomic E-state index is 11.8. The molecule has 2 aliphatic carbocycles. The molecular formula is C30H38N2O2. The number of hydrogen-bond acceptors (Lipinski definition) is 4. The van der Waals surface area contributed by atoms with Crippen LogP contribution in [-0.2, 0) is 11.8 Å². The molecule has 1 aromatic heterocycles. The van der Waals surface area contributed by atoms with Crippen LogP contribution in [0.25, 0.3) is 5.57 Å². The van der Waals surface area contributed by atoms with Gasteiger partial charge in [0, 0.05) is 22.5 Å². The van der Waals surface area contributed by atoms with Gasteiger partial charge in [-0.2, -0.15) is 5.26 Å². The van der Waals surface area contributed by atoms with Crippen molar-refractivity contribution >= 4 is 5.57 Å². The van der Waals surface area contributed by atoms with Gasteiger partial charge >= 0.3 is 0 Å². The third kappa shape index (κ3) is 4.44. The topological polar surface area (TPSA) is 77.1 Å². The molecule has 2 atom stereocenters. The van der Waals surface area contributed by atoms with E-state index in [2.05, 4.69) is 39.8 Å². The molecule has 1 heterocycles. The minimum Gasteiger partial charge on any atom is -0.388 e. The number of nitrogens with zero attached hydrogens (tertiary/aromatic N) is 2. The summed E-state index contributed by atoms with van der Waals surface area (Å²) in [6, 6.07) is 10.1. The molecule has 180 valence electrons. The van der Waals surface area contributed by atoms with Crippen LogP contribution in [0.15, 0.2) is 30.3 Å². The Hall–Kier alpha value is -2.48. The fraction of sp³-hybridized carbons (Fsp3) is 0.533. The molecule has 34 heavy (non-hydrogen) atoms. The number of aliphatic hydroxyl groups excluding tert-OH is 2. The van der Waals surface area contributed by atoms with Crippen LogP contribution >= 0.6 is 0 Å². The van der Waals surface area contributed by atoms with Gasteiger partial charge < -0.3 is 10.2 Å². The normalized spacial score (nSPS) is 20.6. The Morgan fingerprint density at radius 3 is 2.41 bits per heavy atom. The fourth-order valence-corrected chi connectivity index (χ4v) is 5.60. The first-order valence-corrected chi connectivity index (χ1v) is 12.6. The van der Waals surface area contributed by atoms with E-state index in [-0.39, 0.29) is 11.3 Å². The summed E-state index contributed by atoms with van der Waals surface area (Å²) in [6.45, 7) is 12.4. The van der Waals surface area contributed by atoms with Gasteiger partial charge in [0.2, 0.25) is 0 Å². The zero-order chi connectivity index (χ0) is 24.8. The van der Waals surface area contributed by atoms with Crippen molar-refractivity contribution in [3.05, 3.63) is 69.5 Å². The predicted molar refractivity (Wildman–Crippen MR) is 136 cm³/mol. The van der Waals surface area contributed by atoms with Gasteiger partial charge in [0.15, 0.2) is 0 Å². The lowest BCUT2D eigenvalue weighted by molar-refractivity contribution is 0.0972. The summed E-state index contributed by atoms with van der Waals surface area (Å²) in [4.78, 5) is 5.12. The number of benzene rings is 1. The fourth-order valence-electron chi connectivity index (χ4n) is 5.60. The number of hydrogen-bond donors (Lipinski definition) is 2. The van der Waals surface area contributed by atoms with Gasteiger partial charge in [-0.1, -0.05) is 58.0 Å². The van der Waals surface area contributed by atoms with Crippen molar-refractivity contribution < 1.29 is 10.2 Å². The van der Waals surface area contributed by atoms with Gasteiger partial charge in [0.1, 0.15) is 6.10 Å². The Bertz CT molecular complexity index is 1150. The molecule has 2 unspecified atom stereocenters. The average Bonchev–Trinajstić information content (AvgIpc) is 3.31. The molecule has 2 aliphatic rings. The van der Waals surface area contributed by atoms with E-state index in [1.807, 2.05) is 38.1 Å².